The third-order valence-electron chi connectivity index (χ3n) is 5.32. The van der Waals surface area contributed by atoms with E-state index in [1.807, 2.05) is 31.2 Å². The van der Waals surface area contributed by atoms with Crippen molar-refractivity contribution in [3.63, 3.8) is 0 Å². The van der Waals surface area contributed by atoms with Crippen LogP contribution in [0.25, 0.3) is 0 Å². The molecule has 0 radical (unpaired) electrons. The normalized spacial score (nSPS) is 23.4. The first-order valence-corrected chi connectivity index (χ1v) is 11.4. The Morgan fingerprint density at radius 3 is 1.92 bits per heavy atom. The van der Waals surface area contributed by atoms with Crippen LogP contribution in [-0.2, 0) is 15.6 Å². The van der Waals surface area contributed by atoms with Gasteiger partial charge in [0.25, 0.3) is 0 Å². The van der Waals surface area contributed by atoms with E-state index in [0.29, 0.717) is 6.42 Å². The molecule has 140 valence electrons. The fraction of sp³-hybridized carbons (Fsp3) is 0.682. The lowest BCUT2D eigenvalue weighted by Crippen LogP contribution is -2.26. The fourth-order valence-corrected chi connectivity index (χ4v) is 5.35. The minimum atomic E-state index is -1.21. The van der Waals surface area contributed by atoms with E-state index in [2.05, 4.69) is 0 Å². The summed E-state index contributed by atoms with van der Waals surface area (Å²) in [6.45, 7) is 1.99. The van der Waals surface area contributed by atoms with Crippen LogP contribution in [0.4, 0.5) is 0 Å². The van der Waals surface area contributed by atoms with Crippen molar-refractivity contribution in [2.45, 2.75) is 101 Å². The van der Waals surface area contributed by atoms with Crippen molar-refractivity contribution in [1.29, 1.82) is 0 Å². The Bertz CT molecular complexity index is 553. The van der Waals surface area contributed by atoms with Crippen molar-refractivity contribution in [1.82, 2.24) is 0 Å². The van der Waals surface area contributed by atoms with Crippen molar-refractivity contribution < 1.29 is 9.00 Å². The molecule has 1 aliphatic rings. The van der Waals surface area contributed by atoms with E-state index in [-0.39, 0.29) is 11.0 Å². The highest BCUT2D eigenvalue weighted by atomic mass is 32.2. The largest absolute Gasteiger partial charge is 0.298 e. The molecule has 0 saturated heterocycles. The molecule has 25 heavy (non-hydrogen) atoms. The quantitative estimate of drug-likeness (QED) is 0.634. The van der Waals surface area contributed by atoms with Gasteiger partial charge in [-0.2, -0.15) is 0 Å². The average Bonchev–Trinajstić information content (AvgIpc) is 2.62. The van der Waals surface area contributed by atoms with Gasteiger partial charge in [-0.3, -0.25) is 9.00 Å². The van der Waals surface area contributed by atoms with Crippen molar-refractivity contribution >= 4 is 16.6 Å². The van der Waals surface area contributed by atoms with Crippen LogP contribution in [0.5, 0.6) is 0 Å². The first-order chi connectivity index (χ1) is 12.2. The molecule has 0 heterocycles. The Balaban J connectivity index is 2.03. The maximum Gasteiger partial charge on any atom is 0.148 e. The zero-order valence-corrected chi connectivity index (χ0v) is 16.6. The maximum absolute atomic E-state index is 13.1. The predicted octanol–water partition coefficient (Wildman–Crippen LogP) is 6.13. The molecule has 0 aromatic heterocycles. The van der Waals surface area contributed by atoms with Crippen molar-refractivity contribution in [2.75, 3.05) is 0 Å². The molecule has 0 amide bonds. The number of rotatable bonds is 2. The molecule has 3 heteroatoms. The zero-order valence-electron chi connectivity index (χ0n) is 15.8. The number of carbonyl (C=O) groups is 1. The lowest BCUT2D eigenvalue weighted by atomic mass is 10.0. The third-order valence-corrected chi connectivity index (χ3v) is 7.22. The lowest BCUT2D eigenvalue weighted by molar-refractivity contribution is -0.118. The monoisotopic (exact) mass is 362 g/mol. The summed E-state index contributed by atoms with van der Waals surface area (Å²) in [4.78, 5) is 13.6. The molecular weight excluding hydrogens is 328 g/mol. The molecule has 1 saturated carbocycles. The Kier molecular flexibility index (Phi) is 9.46. The van der Waals surface area contributed by atoms with Crippen LogP contribution >= 0.6 is 0 Å². The number of hydrogen-bond donors (Lipinski definition) is 0. The molecule has 2 rings (SSSR count). The van der Waals surface area contributed by atoms with Crippen LogP contribution in [0, 0.1) is 6.92 Å². The number of hydrogen-bond acceptors (Lipinski definition) is 2. The smallest absolute Gasteiger partial charge is 0.148 e. The van der Waals surface area contributed by atoms with E-state index < -0.39 is 10.8 Å². The molecule has 0 aliphatic heterocycles. The van der Waals surface area contributed by atoms with Gasteiger partial charge in [0.1, 0.15) is 5.78 Å². The molecule has 1 aromatic rings. The first-order valence-electron chi connectivity index (χ1n) is 10.2. The van der Waals surface area contributed by atoms with E-state index in [0.717, 1.165) is 42.6 Å². The van der Waals surface area contributed by atoms with Gasteiger partial charge < -0.3 is 0 Å². The number of Topliss-reactive ketones (excluding diaryl/α,β-unsaturated/α-hetero) is 1. The average molecular weight is 363 g/mol. The van der Waals surface area contributed by atoms with E-state index >= 15 is 0 Å². The topological polar surface area (TPSA) is 34.1 Å². The van der Waals surface area contributed by atoms with Gasteiger partial charge >= 0.3 is 0 Å². The van der Waals surface area contributed by atoms with E-state index in [1.165, 1.54) is 44.9 Å². The summed E-state index contributed by atoms with van der Waals surface area (Å²) in [6.07, 6.45) is 14.8. The van der Waals surface area contributed by atoms with Gasteiger partial charge in [-0.05, 0) is 31.4 Å². The minimum absolute atomic E-state index is 0.219. The standard InChI is InChI=1S/C22H34O2S/c1-19-15-13-14-17-21(19)25(24)22-18-12-10-8-6-4-2-3-5-7-9-11-16-20(22)23/h13-15,17,22H,2-12,16,18H2,1H3. The second-order valence-corrected chi connectivity index (χ2v) is 9.05. The number of carbonyl (C=O) groups excluding carboxylic acids is 1. The summed E-state index contributed by atoms with van der Waals surface area (Å²) in [5.74, 6) is 0.219. The third kappa shape index (κ3) is 7.05. The highest BCUT2D eigenvalue weighted by Crippen LogP contribution is 2.23. The van der Waals surface area contributed by atoms with Crippen molar-refractivity contribution in [3.8, 4) is 0 Å². The summed E-state index contributed by atoms with van der Waals surface area (Å²) in [6, 6.07) is 7.81. The predicted molar refractivity (Wildman–Crippen MR) is 106 cm³/mol. The van der Waals surface area contributed by atoms with E-state index in [9.17, 15) is 9.00 Å². The van der Waals surface area contributed by atoms with Gasteiger partial charge in [0.2, 0.25) is 0 Å². The van der Waals surface area contributed by atoms with Crippen molar-refractivity contribution in [3.05, 3.63) is 29.8 Å². The second-order valence-electron chi connectivity index (χ2n) is 7.45. The lowest BCUT2D eigenvalue weighted by Gasteiger charge is -2.17. The first kappa shape index (κ1) is 20.4. The Labute approximate surface area is 156 Å². The van der Waals surface area contributed by atoms with Gasteiger partial charge in [0, 0.05) is 11.3 Å². The Morgan fingerprint density at radius 2 is 1.32 bits per heavy atom. The fourth-order valence-electron chi connectivity index (χ4n) is 3.70. The van der Waals surface area contributed by atoms with Crippen molar-refractivity contribution in [2.24, 2.45) is 0 Å². The summed E-state index contributed by atoms with van der Waals surface area (Å²) in [5.41, 5.74) is 1.03. The maximum atomic E-state index is 13.1. The highest BCUT2D eigenvalue weighted by Gasteiger charge is 2.26. The van der Waals surface area contributed by atoms with Gasteiger partial charge in [-0.1, -0.05) is 82.4 Å². The van der Waals surface area contributed by atoms with E-state index in [4.69, 9.17) is 0 Å². The zero-order chi connectivity index (χ0) is 17.9. The molecular formula is C22H34O2S. The molecule has 0 N–H and O–H groups in total. The number of benzene rings is 1. The van der Waals surface area contributed by atoms with Gasteiger partial charge in [-0.25, -0.2) is 0 Å². The van der Waals surface area contributed by atoms with Crippen LogP contribution < -0.4 is 0 Å². The van der Waals surface area contributed by atoms with Gasteiger partial charge in [0.15, 0.2) is 0 Å². The Hall–Kier alpha value is -0.960. The molecule has 1 aromatic carbocycles. The SMILES string of the molecule is Cc1ccccc1S(=O)C1CCCCCCCCCCCCCC1=O. The molecule has 1 fully saturated rings. The molecule has 1 aliphatic carbocycles. The molecule has 0 spiro atoms. The number of aryl methyl sites for hydroxylation is 1. The molecule has 2 nitrogen and oxygen atoms in total. The van der Waals surface area contributed by atoms with E-state index in [1.54, 1.807) is 0 Å². The Morgan fingerprint density at radius 1 is 0.800 bits per heavy atom. The molecule has 2 atom stereocenters. The van der Waals surface area contributed by atoms with Crippen LogP contribution in [-0.4, -0.2) is 15.2 Å². The van der Waals surface area contributed by atoms with Gasteiger partial charge in [-0.15, -0.1) is 0 Å². The molecule has 0 bridgehead atoms. The number of ketones is 1. The summed E-state index contributed by atoms with van der Waals surface area (Å²) < 4.78 is 13.1. The van der Waals surface area contributed by atoms with Crippen LogP contribution in [0.2, 0.25) is 0 Å². The van der Waals surface area contributed by atoms with Crippen LogP contribution in [0.15, 0.2) is 29.2 Å². The highest BCUT2D eigenvalue weighted by molar-refractivity contribution is 7.86. The summed E-state index contributed by atoms with van der Waals surface area (Å²) in [7, 11) is -1.21. The van der Waals surface area contributed by atoms with Crippen LogP contribution in [0.1, 0.15) is 89.0 Å². The van der Waals surface area contributed by atoms with Gasteiger partial charge in [0.05, 0.1) is 16.0 Å². The second kappa shape index (κ2) is 11.6. The van der Waals surface area contributed by atoms with Crippen LogP contribution in [0.3, 0.4) is 0 Å². The molecule has 2 unspecified atom stereocenters. The summed E-state index contributed by atoms with van der Waals surface area (Å²) >= 11 is 0. The minimum Gasteiger partial charge on any atom is -0.298 e. The summed E-state index contributed by atoms with van der Waals surface area (Å²) in [5, 5.41) is -0.314.